The highest BCUT2D eigenvalue weighted by Crippen LogP contribution is 2.37. The van der Waals surface area contributed by atoms with Crippen molar-refractivity contribution in [2.45, 2.75) is 18.5 Å². The summed E-state index contributed by atoms with van der Waals surface area (Å²) in [6, 6.07) is 0. The summed E-state index contributed by atoms with van der Waals surface area (Å²) in [6.45, 7) is -2.59. The first-order valence-electron chi connectivity index (χ1n) is 3.27. The second-order valence-corrected chi connectivity index (χ2v) is 3.60. The standard InChI is InChI=1S/C4H2F8O4S/c5-2(6,7)1-15-17(13,14)16-4(11,12)3(8,9)10/h1H2. The number of hydrogen-bond acceptors (Lipinski definition) is 4. The van der Waals surface area contributed by atoms with Gasteiger partial charge in [-0.05, 0) is 0 Å². The van der Waals surface area contributed by atoms with Crippen molar-refractivity contribution in [2.75, 3.05) is 6.61 Å². The molecule has 0 unspecified atom stereocenters. The van der Waals surface area contributed by atoms with E-state index in [0.29, 0.717) is 0 Å². The van der Waals surface area contributed by atoms with E-state index in [1.54, 1.807) is 0 Å². The summed E-state index contributed by atoms with van der Waals surface area (Å²) in [6.07, 6.45) is -17.8. The highest BCUT2D eigenvalue weighted by Gasteiger charge is 2.62. The maximum atomic E-state index is 12.0. The topological polar surface area (TPSA) is 52.6 Å². The minimum atomic E-state index is -6.42. The molecule has 0 aliphatic carbocycles. The average Bonchev–Trinajstić information content (AvgIpc) is 1.95. The summed E-state index contributed by atoms with van der Waals surface area (Å²) in [5.41, 5.74) is 0. The number of rotatable bonds is 4. The Balaban J connectivity index is 4.68. The fourth-order valence-corrected chi connectivity index (χ4v) is 1.02. The lowest BCUT2D eigenvalue weighted by Gasteiger charge is -2.18. The molecule has 0 aromatic carbocycles. The van der Waals surface area contributed by atoms with Gasteiger partial charge in [0.1, 0.15) is 0 Å². The summed E-state index contributed by atoms with van der Waals surface area (Å²) < 4.78 is 118. The molecule has 0 fully saturated rings. The van der Waals surface area contributed by atoms with Gasteiger partial charge in [-0.2, -0.15) is 47.7 Å². The van der Waals surface area contributed by atoms with Crippen LogP contribution in [0, 0.1) is 0 Å². The molecule has 0 aliphatic rings. The van der Waals surface area contributed by atoms with Gasteiger partial charge in [0.2, 0.25) is 0 Å². The highest BCUT2D eigenvalue weighted by atomic mass is 32.3. The highest BCUT2D eigenvalue weighted by molar-refractivity contribution is 7.81. The zero-order valence-electron chi connectivity index (χ0n) is 7.27. The van der Waals surface area contributed by atoms with E-state index in [4.69, 9.17) is 0 Å². The first-order chi connectivity index (χ1) is 7.16. The van der Waals surface area contributed by atoms with E-state index in [1.807, 2.05) is 0 Å². The molecule has 0 spiro atoms. The first kappa shape index (κ1) is 16.3. The smallest absolute Gasteiger partial charge is 0.238 e. The minimum Gasteiger partial charge on any atom is -0.238 e. The van der Waals surface area contributed by atoms with Gasteiger partial charge in [0, 0.05) is 0 Å². The Hall–Kier alpha value is -0.690. The van der Waals surface area contributed by atoms with Gasteiger partial charge in [-0.1, -0.05) is 0 Å². The van der Waals surface area contributed by atoms with Crippen molar-refractivity contribution in [3.8, 4) is 0 Å². The predicted molar refractivity (Wildman–Crippen MR) is 33.0 cm³/mol. The van der Waals surface area contributed by atoms with Crippen LogP contribution in [0.2, 0.25) is 0 Å². The first-order valence-corrected chi connectivity index (χ1v) is 4.61. The van der Waals surface area contributed by atoms with Gasteiger partial charge in [0.05, 0.1) is 0 Å². The van der Waals surface area contributed by atoms with Crippen LogP contribution in [0.5, 0.6) is 0 Å². The lowest BCUT2D eigenvalue weighted by Crippen LogP contribution is -2.41. The van der Waals surface area contributed by atoms with Gasteiger partial charge in [0.25, 0.3) is 0 Å². The molecule has 0 N–H and O–H groups in total. The van der Waals surface area contributed by atoms with E-state index in [1.165, 1.54) is 0 Å². The van der Waals surface area contributed by atoms with Crippen LogP contribution < -0.4 is 0 Å². The van der Waals surface area contributed by atoms with Crippen molar-refractivity contribution in [1.82, 2.24) is 0 Å². The van der Waals surface area contributed by atoms with Crippen LogP contribution in [0.1, 0.15) is 0 Å². The lowest BCUT2D eigenvalue weighted by molar-refractivity contribution is -0.361. The second-order valence-electron chi connectivity index (χ2n) is 2.38. The maximum Gasteiger partial charge on any atom is 0.484 e. The SMILES string of the molecule is O=S(=O)(OCC(F)(F)F)OC(F)(F)C(F)(F)F. The molecule has 0 aromatic heterocycles. The van der Waals surface area contributed by atoms with E-state index < -0.39 is 35.5 Å². The molecule has 13 heteroatoms. The molecule has 0 radical (unpaired) electrons. The Morgan fingerprint density at radius 2 is 1.29 bits per heavy atom. The lowest BCUT2D eigenvalue weighted by atomic mass is 10.6. The summed E-state index contributed by atoms with van der Waals surface area (Å²) >= 11 is 0. The van der Waals surface area contributed by atoms with Gasteiger partial charge >= 0.3 is 28.9 Å². The number of hydrogen-bond donors (Lipinski definition) is 0. The molecule has 0 rings (SSSR count). The van der Waals surface area contributed by atoms with E-state index >= 15 is 0 Å². The third-order valence-electron chi connectivity index (χ3n) is 0.904. The Morgan fingerprint density at radius 1 is 0.882 bits per heavy atom. The van der Waals surface area contributed by atoms with Crippen molar-refractivity contribution in [3.63, 3.8) is 0 Å². The van der Waals surface area contributed by atoms with Crippen LogP contribution >= 0.6 is 0 Å². The van der Waals surface area contributed by atoms with Crippen molar-refractivity contribution in [3.05, 3.63) is 0 Å². The van der Waals surface area contributed by atoms with Gasteiger partial charge in [-0.15, -0.1) is 0 Å². The van der Waals surface area contributed by atoms with E-state index in [9.17, 15) is 43.5 Å². The molecule has 0 aromatic rings. The zero-order valence-corrected chi connectivity index (χ0v) is 8.09. The van der Waals surface area contributed by atoms with Crippen molar-refractivity contribution in [1.29, 1.82) is 0 Å². The molecule has 0 atom stereocenters. The fraction of sp³-hybridized carbons (Fsp3) is 1.00. The van der Waals surface area contributed by atoms with Crippen LogP contribution in [-0.4, -0.2) is 33.5 Å². The molecule has 0 aliphatic heterocycles. The van der Waals surface area contributed by atoms with Crippen LogP contribution in [0.25, 0.3) is 0 Å². The van der Waals surface area contributed by atoms with Crippen LogP contribution in [0.3, 0.4) is 0 Å². The zero-order chi connectivity index (χ0) is 14.1. The molecule has 0 saturated carbocycles. The van der Waals surface area contributed by atoms with Gasteiger partial charge < -0.3 is 0 Å². The van der Waals surface area contributed by atoms with Crippen molar-refractivity contribution in [2.24, 2.45) is 0 Å². The van der Waals surface area contributed by atoms with Gasteiger partial charge in [0.15, 0.2) is 6.61 Å². The normalized spacial score (nSPS) is 15.1. The molecule has 0 bridgehead atoms. The van der Waals surface area contributed by atoms with Crippen molar-refractivity contribution >= 4 is 10.4 Å². The molecule has 17 heavy (non-hydrogen) atoms. The van der Waals surface area contributed by atoms with Crippen LogP contribution in [0.15, 0.2) is 0 Å². The van der Waals surface area contributed by atoms with E-state index in [2.05, 4.69) is 8.37 Å². The second kappa shape index (κ2) is 4.53. The van der Waals surface area contributed by atoms with E-state index in [-0.39, 0.29) is 0 Å². The Morgan fingerprint density at radius 3 is 1.59 bits per heavy atom. The molecule has 4 nitrogen and oxygen atoms in total. The molecule has 0 heterocycles. The quantitative estimate of drug-likeness (QED) is 0.745. The fourth-order valence-electron chi connectivity index (χ4n) is 0.338. The number of halogens is 8. The monoisotopic (exact) mass is 298 g/mol. The average molecular weight is 298 g/mol. The minimum absolute atomic E-state index is 2.18. The molecule has 104 valence electrons. The van der Waals surface area contributed by atoms with Crippen LogP contribution in [-0.2, 0) is 18.8 Å². The van der Waals surface area contributed by atoms with E-state index in [0.717, 1.165) is 0 Å². The predicted octanol–water partition coefficient (Wildman–Crippen LogP) is 1.98. The van der Waals surface area contributed by atoms with Gasteiger partial charge in [-0.3, -0.25) is 0 Å². The Kier molecular flexibility index (Phi) is 4.35. The third-order valence-corrected chi connectivity index (χ3v) is 1.72. The largest absolute Gasteiger partial charge is 0.484 e. The summed E-state index contributed by atoms with van der Waals surface area (Å²) in [4.78, 5) is 0. The third kappa shape index (κ3) is 5.97. The molecule has 0 saturated heterocycles. The number of alkyl halides is 8. The maximum absolute atomic E-state index is 12.0. The van der Waals surface area contributed by atoms with Gasteiger partial charge in [-0.25, -0.2) is 4.18 Å². The summed E-state index contributed by atoms with van der Waals surface area (Å²) in [5.74, 6) is 0. The summed E-state index contributed by atoms with van der Waals surface area (Å²) in [7, 11) is -6.15. The molecular formula is C4H2F8O4S. The van der Waals surface area contributed by atoms with Crippen molar-refractivity contribution < 1.29 is 51.9 Å². The summed E-state index contributed by atoms with van der Waals surface area (Å²) in [5, 5.41) is 0. The molecule has 0 amide bonds. The Labute approximate surface area is 88.4 Å². The molecular weight excluding hydrogens is 296 g/mol. The van der Waals surface area contributed by atoms with Crippen LogP contribution in [0.4, 0.5) is 35.1 Å². The Bertz CT molecular complexity index is 353.